The number of rotatable bonds is 7. The Morgan fingerprint density at radius 3 is 2.35 bits per heavy atom. The van der Waals surface area contributed by atoms with Crippen LogP contribution in [0.5, 0.6) is 5.75 Å². The molecule has 0 aromatic heterocycles. The molecular weight excluding hydrogens is 275 g/mol. The van der Waals surface area contributed by atoms with Gasteiger partial charge in [-0.1, -0.05) is 30.3 Å². The highest BCUT2D eigenvalue weighted by Gasteiger charge is 2.10. The minimum atomic E-state index is -0.213. The van der Waals surface area contributed by atoms with Gasteiger partial charge in [0.15, 0.2) is 0 Å². The summed E-state index contributed by atoms with van der Waals surface area (Å²) >= 11 is 6.00. The maximum atomic E-state index is 12.9. The van der Waals surface area contributed by atoms with Crippen molar-refractivity contribution in [2.24, 2.45) is 0 Å². The van der Waals surface area contributed by atoms with Gasteiger partial charge in [-0.15, -0.1) is 11.6 Å². The van der Waals surface area contributed by atoms with E-state index in [1.807, 2.05) is 30.3 Å². The molecule has 3 heteroatoms. The van der Waals surface area contributed by atoms with Gasteiger partial charge in [0.1, 0.15) is 11.6 Å². The van der Waals surface area contributed by atoms with Crippen LogP contribution in [0.2, 0.25) is 0 Å². The van der Waals surface area contributed by atoms with Crippen molar-refractivity contribution in [3.63, 3.8) is 0 Å². The fourth-order valence-corrected chi connectivity index (χ4v) is 2.44. The first-order valence-electron chi connectivity index (χ1n) is 6.79. The topological polar surface area (TPSA) is 9.23 Å². The van der Waals surface area contributed by atoms with E-state index in [9.17, 15) is 4.39 Å². The predicted octanol–water partition coefficient (Wildman–Crippen LogP) is 5.01. The van der Waals surface area contributed by atoms with Crippen LogP contribution in [0.25, 0.3) is 0 Å². The molecule has 1 unspecified atom stereocenters. The van der Waals surface area contributed by atoms with E-state index in [-0.39, 0.29) is 11.7 Å². The zero-order chi connectivity index (χ0) is 14.2. The molecule has 0 bridgehead atoms. The molecule has 20 heavy (non-hydrogen) atoms. The van der Waals surface area contributed by atoms with Gasteiger partial charge in [-0.2, -0.15) is 0 Å². The lowest BCUT2D eigenvalue weighted by molar-refractivity contribution is 0.303. The number of halogens is 2. The van der Waals surface area contributed by atoms with Crippen molar-refractivity contribution in [2.75, 3.05) is 12.5 Å². The molecular formula is C17H18ClFO. The van der Waals surface area contributed by atoms with Gasteiger partial charge >= 0.3 is 0 Å². The van der Waals surface area contributed by atoms with Crippen LogP contribution in [0.3, 0.4) is 0 Å². The smallest absolute Gasteiger partial charge is 0.123 e. The lowest BCUT2D eigenvalue weighted by Crippen LogP contribution is -2.04. The molecule has 0 fully saturated rings. The molecule has 0 aliphatic carbocycles. The summed E-state index contributed by atoms with van der Waals surface area (Å²) < 4.78 is 18.5. The summed E-state index contributed by atoms with van der Waals surface area (Å²) in [5.41, 5.74) is 1.08. The quantitative estimate of drug-likeness (QED) is 0.515. The maximum Gasteiger partial charge on any atom is 0.123 e. The van der Waals surface area contributed by atoms with Gasteiger partial charge in [0.25, 0.3) is 0 Å². The SMILES string of the molecule is Fc1ccc(C(CCl)CCCOc2ccccc2)cc1. The summed E-state index contributed by atoms with van der Waals surface area (Å²) in [6.45, 7) is 0.665. The van der Waals surface area contributed by atoms with E-state index in [0.717, 1.165) is 24.2 Å². The van der Waals surface area contributed by atoms with Crippen molar-refractivity contribution in [2.45, 2.75) is 18.8 Å². The van der Waals surface area contributed by atoms with Gasteiger partial charge in [-0.3, -0.25) is 0 Å². The normalized spacial score (nSPS) is 12.1. The van der Waals surface area contributed by atoms with Crippen LogP contribution in [0.1, 0.15) is 24.3 Å². The molecule has 0 saturated carbocycles. The molecule has 2 aromatic rings. The standard InChI is InChI=1S/C17H18ClFO/c18-13-15(14-8-10-16(19)11-9-14)5-4-12-20-17-6-2-1-3-7-17/h1-3,6-11,15H,4-5,12-13H2. The van der Waals surface area contributed by atoms with Gasteiger partial charge in [0.2, 0.25) is 0 Å². The molecule has 2 rings (SSSR count). The first-order valence-corrected chi connectivity index (χ1v) is 7.32. The van der Waals surface area contributed by atoms with E-state index in [0.29, 0.717) is 12.5 Å². The Balaban J connectivity index is 1.78. The molecule has 0 radical (unpaired) electrons. The summed E-state index contributed by atoms with van der Waals surface area (Å²) in [6.07, 6.45) is 1.85. The highest BCUT2D eigenvalue weighted by Crippen LogP contribution is 2.23. The minimum Gasteiger partial charge on any atom is -0.494 e. The fourth-order valence-electron chi connectivity index (χ4n) is 2.10. The van der Waals surface area contributed by atoms with E-state index in [1.165, 1.54) is 12.1 Å². The van der Waals surface area contributed by atoms with Crippen LogP contribution in [0.4, 0.5) is 4.39 Å². The highest BCUT2D eigenvalue weighted by atomic mass is 35.5. The van der Waals surface area contributed by atoms with Gasteiger partial charge in [0, 0.05) is 5.88 Å². The molecule has 0 spiro atoms. The first kappa shape index (κ1) is 14.9. The molecule has 1 atom stereocenters. The summed E-state index contributed by atoms with van der Waals surface area (Å²) in [5.74, 6) is 1.46. The number of benzene rings is 2. The molecule has 0 amide bonds. The minimum absolute atomic E-state index is 0.213. The van der Waals surface area contributed by atoms with Crippen molar-refractivity contribution >= 4 is 11.6 Å². The van der Waals surface area contributed by atoms with E-state index < -0.39 is 0 Å². The molecule has 106 valence electrons. The van der Waals surface area contributed by atoms with E-state index in [1.54, 1.807) is 12.1 Å². The van der Waals surface area contributed by atoms with Crippen LogP contribution < -0.4 is 4.74 Å². The van der Waals surface area contributed by atoms with Crippen LogP contribution in [-0.4, -0.2) is 12.5 Å². The van der Waals surface area contributed by atoms with Gasteiger partial charge < -0.3 is 4.74 Å². The molecule has 0 heterocycles. The van der Waals surface area contributed by atoms with Crippen molar-refractivity contribution in [3.8, 4) is 5.75 Å². The number of para-hydroxylation sites is 1. The van der Waals surface area contributed by atoms with Crippen LogP contribution in [0, 0.1) is 5.82 Å². The molecule has 0 saturated heterocycles. The number of hydrogen-bond donors (Lipinski definition) is 0. The zero-order valence-electron chi connectivity index (χ0n) is 11.3. The van der Waals surface area contributed by atoms with Crippen LogP contribution in [-0.2, 0) is 0 Å². The van der Waals surface area contributed by atoms with Gasteiger partial charge in [0.05, 0.1) is 6.61 Å². The first-order chi connectivity index (χ1) is 9.79. The Labute approximate surface area is 124 Å². The largest absolute Gasteiger partial charge is 0.494 e. The van der Waals surface area contributed by atoms with E-state index >= 15 is 0 Å². The monoisotopic (exact) mass is 292 g/mol. The number of hydrogen-bond acceptors (Lipinski definition) is 1. The van der Waals surface area contributed by atoms with Crippen molar-refractivity contribution in [3.05, 3.63) is 66.0 Å². The number of ether oxygens (including phenoxy) is 1. The Morgan fingerprint density at radius 1 is 1.00 bits per heavy atom. The second-order valence-electron chi connectivity index (χ2n) is 4.71. The third kappa shape index (κ3) is 4.53. The highest BCUT2D eigenvalue weighted by molar-refractivity contribution is 6.18. The summed E-state index contributed by atoms with van der Waals surface area (Å²) in [7, 11) is 0. The molecule has 1 nitrogen and oxygen atoms in total. The Hall–Kier alpha value is -1.54. The second-order valence-corrected chi connectivity index (χ2v) is 5.02. The Kier molecular flexibility index (Phi) is 5.87. The third-order valence-electron chi connectivity index (χ3n) is 3.24. The van der Waals surface area contributed by atoms with Gasteiger partial charge in [-0.25, -0.2) is 4.39 Å². The average molecular weight is 293 g/mol. The average Bonchev–Trinajstić information content (AvgIpc) is 2.50. The van der Waals surface area contributed by atoms with E-state index in [4.69, 9.17) is 16.3 Å². The summed E-state index contributed by atoms with van der Waals surface area (Å²) in [4.78, 5) is 0. The molecule has 0 aliphatic heterocycles. The predicted molar refractivity (Wildman–Crippen MR) is 81.0 cm³/mol. The Morgan fingerprint density at radius 2 is 1.70 bits per heavy atom. The third-order valence-corrected chi connectivity index (χ3v) is 3.61. The van der Waals surface area contributed by atoms with Crippen molar-refractivity contribution in [1.29, 1.82) is 0 Å². The lowest BCUT2D eigenvalue weighted by Gasteiger charge is -2.14. The molecule has 0 N–H and O–H groups in total. The summed E-state index contributed by atoms with van der Waals surface area (Å²) in [6, 6.07) is 16.3. The molecule has 0 aliphatic rings. The summed E-state index contributed by atoms with van der Waals surface area (Å²) in [5, 5.41) is 0. The Bertz CT molecular complexity index is 498. The molecule has 2 aromatic carbocycles. The van der Waals surface area contributed by atoms with Crippen LogP contribution >= 0.6 is 11.6 Å². The van der Waals surface area contributed by atoms with Crippen LogP contribution in [0.15, 0.2) is 54.6 Å². The lowest BCUT2D eigenvalue weighted by atomic mass is 9.96. The maximum absolute atomic E-state index is 12.9. The number of alkyl halides is 1. The second kappa shape index (κ2) is 7.91. The fraction of sp³-hybridized carbons (Fsp3) is 0.294. The zero-order valence-corrected chi connectivity index (χ0v) is 12.0. The van der Waals surface area contributed by atoms with E-state index in [2.05, 4.69) is 0 Å². The van der Waals surface area contributed by atoms with Crippen molar-refractivity contribution < 1.29 is 9.13 Å². The van der Waals surface area contributed by atoms with Gasteiger partial charge in [-0.05, 0) is 48.6 Å². The van der Waals surface area contributed by atoms with Crippen molar-refractivity contribution in [1.82, 2.24) is 0 Å².